The smallest absolute Gasteiger partial charge is 0.243 e. The maximum atomic E-state index is 11.8. The van der Waals surface area contributed by atoms with Crippen LogP contribution in [-0.4, -0.2) is 36.4 Å². The third-order valence-corrected chi connectivity index (χ3v) is 2.92. The van der Waals surface area contributed by atoms with Crippen LogP contribution >= 0.6 is 0 Å². The lowest BCUT2D eigenvalue weighted by Crippen LogP contribution is -2.61. The second-order valence-corrected chi connectivity index (χ2v) is 5.20. The van der Waals surface area contributed by atoms with Crippen molar-refractivity contribution in [1.82, 2.24) is 10.6 Å². The topological polar surface area (TPSA) is 123 Å². The number of nitrogens with one attached hydrogen (secondary N) is 2. The molecule has 1 heterocycles. The summed E-state index contributed by atoms with van der Waals surface area (Å²) in [6, 6.07) is -0.897. The average molecular weight is 269 g/mol. The molecule has 6 N–H and O–H groups in total. The molecular formula is C12H23N5O2. The Labute approximate surface area is 113 Å². The van der Waals surface area contributed by atoms with E-state index in [0.29, 0.717) is 31.7 Å². The number of aliphatic imine (C=N–C) groups is 1. The molecule has 7 heteroatoms. The fourth-order valence-corrected chi connectivity index (χ4v) is 2.02. The number of amides is 2. The van der Waals surface area contributed by atoms with Gasteiger partial charge in [0.05, 0.1) is 0 Å². The van der Waals surface area contributed by atoms with Crippen molar-refractivity contribution in [2.75, 3.05) is 6.54 Å². The molecule has 2 amide bonds. The van der Waals surface area contributed by atoms with Crippen molar-refractivity contribution < 1.29 is 9.59 Å². The first-order valence-corrected chi connectivity index (χ1v) is 6.56. The van der Waals surface area contributed by atoms with Crippen LogP contribution in [0.4, 0.5) is 0 Å². The summed E-state index contributed by atoms with van der Waals surface area (Å²) < 4.78 is 0. The van der Waals surface area contributed by atoms with Crippen LogP contribution in [-0.2, 0) is 9.59 Å². The number of carbonyl (C=O) groups excluding carboxylic acids is 2. The van der Waals surface area contributed by atoms with Gasteiger partial charge in [0.15, 0.2) is 5.96 Å². The maximum Gasteiger partial charge on any atom is 0.243 e. The van der Waals surface area contributed by atoms with E-state index in [1.807, 2.05) is 13.8 Å². The molecule has 1 fully saturated rings. The highest BCUT2D eigenvalue weighted by Crippen LogP contribution is 2.10. The zero-order chi connectivity index (χ0) is 14.4. The number of rotatable bonds is 6. The molecule has 0 saturated carbocycles. The monoisotopic (exact) mass is 269 g/mol. The Morgan fingerprint density at radius 2 is 1.79 bits per heavy atom. The van der Waals surface area contributed by atoms with E-state index in [1.165, 1.54) is 0 Å². The molecule has 1 aliphatic heterocycles. The zero-order valence-corrected chi connectivity index (χ0v) is 11.5. The van der Waals surface area contributed by atoms with Crippen LogP contribution < -0.4 is 22.1 Å². The summed E-state index contributed by atoms with van der Waals surface area (Å²) in [6.07, 6.45) is 1.83. The van der Waals surface area contributed by atoms with E-state index in [4.69, 9.17) is 11.5 Å². The van der Waals surface area contributed by atoms with Gasteiger partial charge in [0, 0.05) is 6.54 Å². The molecule has 0 aromatic heterocycles. The van der Waals surface area contributed by atoms with Crippen LogP contribution in [0.25, 0.3) is 0 Å². The van der Waals surface area contributed by atoms with E-state index in [9.17, 15) is 9.59 Å². The van der Waals surface area contributed by atoms with Gasteiger partial charge in [0.1, 0.15) is 12.1 Å². The molecule has 1 rings (SSSR count). The van der Waals surface area contributed by atoms with Crippen molar-refractivity contribution in [2.45, 2.75) is 45.2 Å². The summed E-state index contributed by atoms with van der Waals surface area (Å²) in [5, 5.41) is 5.51. The van der Waals surface area contributed by atoms with Gasteiger partial charge >= 0.3 is 0 Å². The lowest BCUT2D eigenvalue weighted by molar-refractivity contribution is -0.137. The van der Waals surface area contributed by atoms with Crippen molar-refractivity contribution in [3.05, 3.63) is 0 Å². The lowest BCUT2D eigenvalue weighted by Gasteiger charge is -2.30. The van der Waals surface area contributed by atoms with Crippen molar-refractivity contribution in [3.8, 4) is 0 Å². The quantitative estimate of drug-likeness (QED) is 0.282. The van der Waals surface area contributed by atoms with Crippen molar-refractivity contribution in [3.63, 3.8) is 0 Å². The Morgan fingerprint density at radius 1 is 1.21 bits per heavy atom. The van der Waals surface area contributed by atoms with Gasteiger partial charge in [-0.15, -0.1) is 0 Å². The third-order valence-electron chi connectivity index (χ3n) is 2.92. The van der Waals surface area contributed by atoms with E-state index in [-0.39, 0.29) is 17.8 Å². The fraction of sp³-hybridized carbons (Fsp3) is 0.750. The van der Waals surface area contributed by atoms with Gasteiger partial charge in [0.25, 0.3) is 0 Å². The van der Waals surface area contributed by atoms with Crippen LogP contribution in [0.3, 0.4) is 0 Å². The number of nitrogens with two attached hydrogens (primary N) is 2. The van der Waals surface area contributed by atoms with Gasteiger partial charge in [-0.1, -0.05) is 13.8 Å². The van der Waals surface area contributed by atoms with Gasteiger partial charge in [-0.3, -0.25) is 14.6 Å². The highest BCUT2D eigenvalue weighted by molar-refractivity contribution is 5.96. The number of nitrogens with zero attached hydrogens (tertiary/aromatic N) is 1. The highest BCUT2D eigenvalue weighted by Gasteiger charge is 2.33. The van der Waals surface area contributed by atoms with Crippen LogP contribution in [0.15, 0.2) is 4.99 Å². The maximum absolute atomic E-state index is 11.8. The second-order valence-electron chi connectivity index (χ2n) is 5.20. The lowest BCUT2D eigenvalue weighted by atomic mass is 9.99. The number of hydrogen-bond acceptors (Lipinski definition) is 3. The molecule has 1 aliphatic rings. The molecule has 2 atom stereocenters. The molecule has 0 aromatic carbocycles. The number of carbonyl (C=O) groups is 2. The minimum atomic E-state index is -0.481. The van der Waals surface area contributed by atoms with Gasteiger partial charge in [-0.2, -0.15) is 0 Å². The van der Waals surface area contributed by atoms with E-state index in [1.54, 1.807) is 0 Å². The Bertz CT molecular complexity index is 363. The van der Waals surface area contributed by atoms with Gasteiger partial charge < -0.3 is 22.1 Å². The first-order valence-electron chi connectivity index (χ1n) is 6.56. The first-order chi connectivity index (χ1) is 8.90. The van der Waals surface area contributed by atoms with Crippen LogP contribution in [0.2, 0.25) is 0 Å². The van der Waals surface area contributed by atoms with Gasteiger partial charge in [-0.05, 0) is 25.2 Å². The van der Waals surface area contributed by atoms with E-state index in [2.05, 4.69) is 15.6 Å². The summed E-state index contributed by atoms with van der Waals surface area (Å²) in [5.74, 6) is 0.152. The molecule has 1 saturated heterocycles. The van der Waals surface area contributed by atoms with Gasteiger partial charge in [-0.25, -0.2) is 0 Å². The van der Waals surface area contributed by atoms with Gasteiger partial charge in [0.2, 0.25) is 11.8 Å². The SMILES string of the molecule is CC(C)CC1NC(=O)C(CCCN=C(N)N)NC1=O. The number of guanidine groups is 1. The molecule has 0 radical (unpaired) electrons. The van der Waals surface area contributed by atoms with E-state index >= 15 is 0 Å². The van der Waals surface area contributed by atoms with E-state index in [0.717, 1.165) is 0 Å². The zero-order valence-electron chi connectivity index (χ0n) is 11.5. The highest BCUT2D eigenvalue weighted by atomic mass is 16.2. The van der Waals surface area contributed by atoms with Crippen molar-refractivity contribution in [2.24, 2.45) is 22.4 Å². The summed E-state index contributed by atoms with van der Waals surface area (Å²) >= 11 is 0. The average Bonchev–Trinajstić information content (AvgIpc) is 2.29. The summed E-state index contributed by atoms with van der Waals surface area (Å²) in [5.41, 5.74) is 10.4. The molecule has 19 heavy (non-hydrogen) atoms. The number of hydrogen-bond donors (Lipinski definition) is 4. The Morgan fingerprint density at radius 3 is 2.37 bits per heavy atom. The molecule has 0 aliphatic carbocycles. The normalized spacial score (nSPS) is 22.9. The van der Waals surface area contributed by atoms with Crippen LogP contribution in [0.5, 0.6) is 0 Å². The standard InChI is InChI=1S/C12H23N5O2/c1-7(2)6-9-11(19)16-8(10(18)17-9)4-3-5-15-12(13)14/h7-9H,3-6H2,1-2H3,(H,16,19)(H,17,18)(H4,13,14,15). The minimum absolute atomic E-state index is 0.0362. The molecule has 7 nitrogen and oxygen atoms in total. The largest absolute Gasteiger partial charge is 0.370 e. The summed E-state index contributed by atoms with van der Waals surface area (Å²) in [7, 11) is 0. The number of piperazine rings is 1. The third kappa shape index (κ3) is 5.15. The minimum Gasteiger partial charge on any atom is -0.370 e. The fourth-order valence-electron chi connectivity index (χ4n) is 2.02. The molecule has 0 aromatic rings. The second kappa shape index (κ2) is 6.96. The Balaban J connectivity index is 2.41. The molecule has 108 valence electrons. The molecular weight excluding hydrogens is 246 g/mol. The molecule has 0 spiro atoms. The van der Waals surface area contributed by atoms with Crippen molar-refractivity contribution >= 4 is 17.8 Å². The van der Waals surface area contributed by atoms with Crippen LogP contribution in [0.1, 0.15) is 33.1 Å². The summed E-state index contributed by atoms with van der Waals surface area (Å²) in [6.45, 7) is 4.49. The Kier molecular flexibility index (Phi) is 5.59. The van der Waals surface area contributed by atoms with Crippen molar-refractivity contribution in [1.29, 1.82) is 0 Å². The molecule has 0 bridgehead atoms. The summed E-state index contributed by atoms with van der Waals surface area (Å²) in [4.78, 5) is 27.5. The first kappa shape index (κ1) is 15.3. The predicted molar refractivity (Wildman–Crippen MR) is 73.2 cm³/mol. The van der Waals surface area contributed by atoms with E-state index < -0.39 is 12.1 Å². The predicted octanol–water partition coefficient (Wildman–Crippen LogP) is -0.931. The molecule has 2 unspecified atom stereocenters. The Hall–Kier alpha value is -1.79. The van der Waals surface area contributed by atoms with Crippen LogP contribution in [0, 0.1) is 5.92 Å².